The number of pyridine rings is 1. The highest BCUT2D eigenvalue weighted by molar-refractivity contribution is 6.31. The Morgan fingerprint density at radius 1 is 1.28 bits per heavy atom. The van der Waals surface area contributed by atoms with Crippen LogP contribution in [0, 0.1) is 0 Å². The van der Waals surface area contributed by atoms with Crippen LogP contribution in [-0.4, -0.2) is 46.1 Å². The molecule has 136 valence electrons. The number of nitrogens with one attached hydrogen (secondary N) is 1. The Hall–Kier alpha value is -1.85. The highest BCUT2D eigenvalue weighted by Gasteiger charge is 2.23. The molecule has 0 saturated carbocycles. The number of carboxylic acids is 1. The molecule has 25 heavy (non-hydrogen) atoms. The van der Waals surface area contributed by atoms with E-state index in [4.69, 9.17) is 11.6 Å². The molecule has 0 aliphatic carbocycles. The quantitative estimate of drug-likeness (QED) is 0.696. The maximum absolute atomic E-state index is 11.6. The number of hydrogen-bond acceptors (Lipinski definition) is 4. The third kappa shape index (κ3) is 5.06. The molecule has 0 bridgehead atoms. The van der Waals surface area contributed by atoms with Crippen LogP contribution in [0.4, 0.5) is 5.69 Å². The smallest absolute Gasteiger partial charge is 0.320 e. The first kappa shape index (κ1) is 19.5. The molecule has 2 atom stereocenters. The molecule has 2 unspecified atom stereocenters. The van der Waals surface area contributed by atoms with Crippen LogP contribution in [0.1, 0.15) is 33.6 Å². The van der Waals surface area contributed by atoms with Gasteiger partial charge >= 0.3 is 5.97 Å². The van der Waals surface area contributed by atoms with Crippen molar-refractivity contribution in [3.05, 3.63) is 35.5 Å². The summed E-state index contributed by atoms with van der Waals surface area (Å²) in [5.74, 6) is -0.750. The summed E-state index contributed by atoms with van der Waals surface area (Å²) in [7, 11) is 0. The molecule has 0 radical (unpaired) electrons. The van der Waals surface area contributed by atoms with Gasteiger partial charge in [-0.3, -0.25) is 14.7 Å². The van der Waals surface area contributed by atoms with E-state index in [-0.39, 0.29) is 6.04 Å². The Balaban J connectivity index is 2.05. The van der Waals surface area contributed by atoms with Crippen molar-refractivity contribution in [3.8, 4) is 0 Å². The van der Waals surface area contributed by atoms with Crippen molar-refractivity contribution >= 4 is 34.2 Å². The number of carbonyl (C=O) groups is 1. The number of carboxylic acid groups (broad SMARTS) is 1. The molecule has 1 aromatic carbocycles. The molecule has 2 rings (SSSR count). The Morgan fingerprint density at radius 3 is 2.64 bits per heavy atom. The van der Waals surface area contributed by atoms with E-state index in [1.807, 2.05) is 43.0 Å². The van der Waals surface area contributed by atoms with E-state index < -0.39 is 12.0 Å². The van der Waals surface area contributed by atoms with Crippen molar-refractivity contribution < 1.29 is 9.90 Å². The standard InChI is InChI=1S/C19H26ClN3O2/c1-4-23(5-2)18(19(24)25)9-6-13(3)22-16-10-11-21-17-12-14(20)7-8-15(16)17/h7-8,10-13,18H,4-6,9H2,1-3H3,(H,21,22)(H,24,25). The fraction of sp³-hybridized carbons (Fsp3) is 0.474. The molecule has 1 aromatic heterocycles. The Labute approximate surface area is 154 Å². The molecular formula is C19H26ClN3O2. The molecule has 0 saturated heterocycles. The van der Waals surface area contributed by atoms with E-state index in [9.17, 15) is 9.90 Å². The van der Waals surface area contributed by atoms with E-state index in [0.29, 0.717) is 11.4 Å². The molecular weight excluding hydrogens is 338 g/mol. The molecule has 2 N–H and O–H groups in total. The van der Waals surface area contributed by atoms with Crippen LogP contribution >= 0.6 is 11.6 Å². The third-order valence-corrected chi connectivity index (χ3v) is 4.75. The molecule has 0 aliphatic rings. The summed E-state index contributed by atoms with van der Waals surface area (Å²) in [6, 6.07) is 7.29. The van der Waals surface area contributed by atoms with Gasteiger partial charge in [-0.05, 0) is 57.1 Å². The van der Waals surface area contributed by atoms with Crippen LogP contribution in [0.2, 0.25) is 5.02 Å². The predicted molar refractivity (Wildman–Crippen MR) is 103 cm³/mol. The van der Waals surface area contributed by atoms with Crippen molar-refractivity contribution in [2.45, 2.75) is 45.7 Å². The van der Waals surface area contributed by atoms with Crippen molar-refractivity contribution in [1.82, 2.24) is 9.88 Å². The zero-order valence-corrected chi connectivity index (χ0v) is 15.8. The van der Waals surface area contributed by atoms with Crippen LogP contribution in [0.3, 0.4) is 0 Å². The number of fused-ring (bicyclic) bond motifs is 1. The van der Waals surface area contributed by atoms with Gasteiger partial charge in [-0.25, -0.2) is 0 Å². The average Bonchev–Trinajstić information content (AvgIpc) is 2.58. The first-order chi connectivity index (χ1) is 12.0. The number of aliphatic carboxylic acids is 1. The summed E-state index contributed by atoms with van der Waals surface area (Å²) in [6.45, 7) is 7.55. The van der Waals surface area contributed by atoms with Gasteiger partial charge in [0.2, 0.25) is 0 Å². The highest BCUT2D eigenvalue weighted by atomic mass is 35.5. The summed E-state index contributed by atoms with van der Waals surface area (Å²) in [4.78, 5) is 17.9. The molecule has 6 heteroatoms. The number of hydrogen-bond donors (Lipinski definition) is 2. The summed E-state index contributed by atoms with van der Waals surface area (Å²) in [5, 5.41) is 14.6. The number of anilines is 1. The number of nitrogens with zero attached hydrogens (tertiary/aromatic N) is 2. The molecule has 0 spiro atoms. The maximum Gasteiger partial charge on any atom is 0.320 e. The van der Waals surface area contributed by atoms with E-state index >= 15 is 0 Å². The van der Waals surface area contributed by atoms with Crippen molar-refractivity contribution in [2.75, 3.05) is 18.4 Å². The van der Waals surface area contributed by atoms with Gasteiger partial charge in [-0.1, -0.05) is 25.4 Å². The van der Waals surface area contributed by atoms with Gasteiger partial charge in [0.25, 0.3) is 0 Å². The predicted octanol–water partition coefficient (Wildman–Crippen LogP) is 4.26. The molecule has 1 heterocycles. The summed E-state index contributed by atoms with van der Waals surface area (Å²) in [5.41, 5.74) is 1.83. The van der Waals surface area contributed by atoms with Crippen LogP contribution in [-0.2, 0) is 4.79 Å². The Kier molecular flexibility index (Phi) is 7.02. The molecule has 0 aliphatic heterocycles. The first-order valence-electron chi connectivity index (χ1n) is 8.73. The monoisotopic (exact) mass is 363 g/mol. The number of aromatic nitrogens is 1. The van der Waals surface area contributed by atoms with Crippen LogP contribution in [0.25, 0.3) is 10.9 Å². The minimum atomic E-state index is -0.750. The Morgan fingerprint density at radius 2 is 2.00 bits per heavy atom. The van der Waals surface area contributed by atoms with Crippen LogP contribution in [0.15, 0.2) is 30.5 Å². The first-order valence-corrected chi connectivity index (χ1v) is 9.11. The summed E-state index contributed by atoms with van der Waals surface area (Å²) >= 11 is 6.03. The van der Waals surface area contributed by atoms with E-state index in [1.54, 1.807) is 6.20 Å². The number of halogens is 1. The number of likely N-dealkylation sites (N-methyl/N-ethyl adjacent to an activating group) is 1. The maximum atomic E-state index is 11.6. The van der Waals surface area contributed by atoms with E-state index in [1.165, 1.54) is 0 Å². The van der Waals surface area contributed by atoms with Gasteiger partial charge in [0.1, 0.15) is 6.04 Å². The third-order valence-electron chi connectivity index (χ3n) is 4.52. The minimum Gasteiger partial charge on any atom is -0.480 e. The normalized spacial score (nSPS) is 13.8. The van der Waals surface area contributed by atoms with Crippen LogP contribution in [0.5, 0.6) is 0 Å². The summed E-state index contributed by atoms with van der Waals surface area (Å²) in [6.07, 6.45) is 3.13. The summed E-state index contributed by atoms with van der Waals surface area (Å²) < 4.78 is 0. The van der Waals surface area contributed by atoms with Gasteiger partial charge in [-0.2, -0.15) is 0 Å². The van der Waals surface area contributed by atoms with Crippen LogP contribution < -0.4 is 5.32 Å². The molecule has 0 amide bonds. The SMILES string of the molecule is CCN(CC)C(CCC(C)Nc1ccnc2cc(Cl)ccc12)C(=O)O. The second-order valence-corrected chi connectivity index (χ2v) is 6.65. The topological polar surface area (TPSA) is 65.5 Å². The minimum absolute atomic E-state index is 0.152. The lowest BCUT2D eigenvalue weighted by Gasteiger charge is -2.27. The van der Waals surface area contributed by atoms with Gasteiger partial charge in [0.15, 0.2) is 0 Å². The van der Waals surface area contributed by atoms with Crippen molar-refractivity contribution in [2.24, 2.45) is 0 Å². The van der Waals surface area contributed by atoms with Gasteiger partial charge in [0.05, 0.1) is 5.52 Å². The van der Waals surface area contributed by atoms with Crippen molar-refractivity contribution in [3.63, 3.8) is 0 Å². The number of rotatable bonds is 9. The highest BCUT2D eigenvalue weighted by Crippen LogP contribution is 2.25. The number of benzene rings is 1. The zero-order chi connectivity index (χ0) is 18.4. The van der Waals surface area contributed by atoms with E-state index in [0.717, 1.165) is 36.1 Å². The molecule has 5 nitrogen and oxygen atoms in total. The van der Waals surface area contributed by atoms with Crippen molar-refractivity contribution in [1.29, 1.82) is 0 Å². The fourth-order valence-electron chi connectivity index (χ4n) is 3.12. The average molecular weight is 364 g/mol. The zero-order valence-electron chi connectivity index (χ0n) is 15.0. The van der Waals surface area contributed by atoms with Gasteiger partial charge in [0, 0.05) is 28.3 Å². The Bertz CT molecular complexity index is 719. The lowest BCUT2D eigenvalue weighted by molar-refractivity contribution is -0.143. The lowest BCUT2D eigenvalue weighted by Crippen LogP contribution is -2.41. The van der Waals surface area contributed by atoms with Gasteiger partial charge < -0.3 is 10.4 Å². The molecule has 0 fully saturated rings. The second kappa shape index (κ2) is 9.02. The lowest BCUT2D eigenvalue weighted by atomic mass is 10.0. The van der Waals surface area contributed by atoms with E-state index in [2.05, 4.69) is 17.2 Å². The van der Waals surface area contributed by atoms with Gasteiger partial charge in [-0.15, -0.1) is 0 Å². The molecule has 2 aromatic rings. The fourth-order valence-corrected chi connectivity index (χ4v) is 3.29. The largest absolute Gasteiger partial charge is 0.480 e. The second-order valence-electron chi connectivity index (χ2n) is 6.22.